The summed E-state index contributed by atoms with van der Waals surface area (Å²) in [5.74, 6) is -0.256. The Morgan fingerprint density at radius 3 is 2.63 bits per heavy atom. The molecule has 0 saturated heterocycles. The molecule has 2 N–H and O–H groups in total. The van der Waals surface area contributed by atoms with E-state index in [9.17, 15) is 18.0 Å². The number of nitrogens with one attached hydrogen (secondary N) is 2. The summed E-state index contributed by atoms with van der Waals surface area (Å²) in [4.78, 5) is 15.0. The van der Waals surface area contributed by atoms with Crippen molar-refractivity contribution in [1.29, 1.82) is 0 Å². The maximum absolute atomic E-state index is 12.4. The van der Waals surface area contributed by atoms with Crippen molar-refractivity contribution >= 4 is 23.3 Å². The predicted octanol–water partition coefficient (Wildman–Crippen LogP) is 2.69. The molecule has 19 heavy (non-hydrogen) atoms. The normalized spacial score (nSPS) is 12.9. The van der Waals surface area contributed by atoms with Gasteiger partial charge in [0.25, 0.3) is 0 Å². The van der Waals surface area contributed by atoms with Crippen molar-refractivity contribution in [3.8, 4) is 0 Å². The molecule has 1 atom stereocenters. The Morgan fingerprint density at radius 2 is 2.16 bits per heavy atom. The van der Waals surface area contributed by atoms with Crippen molar-refractivity contribution in [3.05, 3.63) is 22.8 Å². The SMILES string of the molecule is CCNC(=O)C(C)Nc1ncc(C(F)(F)F)cc1Cl. The molecule has 0 saturated carbocycles. The molecule has 0 aliphatic carbocycles. The number of pyridine rings is 1. The first kappa shape index (κ1) is 15.6. The van der Waals surface area contributed by atoms with E-state index in [1.807, 2.05) is 0 Å². The Labute approximate surface area is 113 Å². The van der Waals surface area contributed by atoms with Crippen molar-refractivity contribution in [2.24, 2.45) is 0 Å². The molecule has 1 rings (SSSR count). The first-order valence-corrected chi connectivity index (χ1v) is 5.90. The highest BCUT2D eigenvalue weighted by atomic mass is 35.5. The number of anilines is 1. The second kappa shape index (κ2) is 6.10. The fourth-order valence-corrected chi connectivity index (χ4v) is 1.52. The van der Waals surface area contributed by atoms with Crippen molar-refractivity contribution in [1.82, 2.24) is 10.3 Å². The largest absolute Gasteiger partial charge is 0.417 e. The van der Waals surface area contributed by atoms with Crippen LogP contribution in [0.4, 0.5) is 19.0 Å². The van der Waals surface area contributed by atoms with Gasteiger partial charge in [0.15, 0.2) is 0 Å². The molecule has 1 aromatic heterocycles. The molecule has 0 aliphatic rings. The quantitative estimate of drug-likeness (QED) is 0.898. The van der Waals surface area contributed by atoms with E-state index in [2.05, 4.69) is 15.6 Å². The van der Waals surface area contributed by atoms with Crippen molar-refractivity contribution < 1.29 is 18.0 Å². The van der Waals surface area contributed by atoms with Crippen LogP contribution in [-0.2, 0) is 11.0 Å². The Balaban J connectivity index is 2.83. The summed E-state index contributed by atoms with van der Waals surface area (Å²) in [6, 6.07) is 0.114. The average molecular weight is 296 g/mol. The number of aromatic nitrogens is 1. The van der Waals surface area contributed by atoms with E-state index in [0.29, 0.717) is 12.7 Å². The molecule has 0 spiro atoms. The molecule has 1 amide bonds. The monoisotopic (exact) mass is 295 g/mol. The van der Waals surface area contributed by atoms with Crippen LogP contribution in [0.2, 0.25) is 5.02 Å². The summed E-state index contributed by atoms with van der Waals surface area (Å²) in [7, 11) is 0. The van der Waals surface area contributed by atoms with Gasteiger partial charge in [-0.05, 0) is 19.9 Å². The number of hydrogen-bond acceptors (Lipinski definition) is 3. The molecule has 0 aliphatic heterocycles. The van der Waals surface area contributed by atoms with Gasteiger partial charge in [-0.1, -0.05) is 11.6 Å². The topological polar surface area (TPSA) is 54.0 Å². The van der Waals surface area contributed by atoms with Gasteiger partial charge in [0.05, 0.1) is 10.6 Å². The number of carbonyl (C=O) groups excluding carboxylic acids is 1. The molecule has 1 aromatic rings. The number of hydrogen-bond donors (Lipinski definition) is 2. The van der Waals surface area contributed by atoms with Crippen LogP contribution in [0.25, 0.3) is 0 Å². The standard InChI is InChI=1S/C11H13ClF3N3O/c1-3-16-10(19)6(2)18-9-8(12)4-7(5-17-9)11(13,14)15/h4-6H,3H2,1-2H3,(H,16,19)(H,17,18). The van der Waals surface area contributed by atoms with Gasteiger partial charge < -0.3 is 10.6 Å². The first-order chi connectivity index (χ1) is 8.75. The second-order valence-electron chi connectivity index (χ2n) is 3.81. The summed E-state index contributed by atoms with van der Waals surface area (Å²) in [5, 5.41) is 5.03. The maximum Gasteiger partial charge on any atom is 0.417 e. The predicted molar refractivity (Wildman–Crippen MR) is 66.0 cm³/mol. The smallest absolute Gasteiger partial charge is 0.357 e. The summed E-state index contributed by atoms with van der Waals surface area (Å²) >= 11 is 5.70. The lowest BCUT2D eigenvalue weighted by atomic mass is 10.2. The van der Waals surface area contributed by atoms with Crippen LogP contribution in [0.3, 0.4) is 0 Å². The van der Waals surface area contributed by atoms with E-state index in [4.69, 9.17) is 11.6 Å². The zero-order chi connectivity index (χ0) is 14.6. The Morgan fingerprint density at radius 1 is 1.53 bits per heavy atom. The first-order valence-electron chi connectivity index (χ1n) is 5.52. The van der Waals surface area contributed by atoms with E-state index in [-0.39, 0.29) is 16.7 Å². The molecule has 1 unspecified atom stereocenters. The summed E-state index contributed by atoms with van der Waals surface area (Å²) in [5.41, 5.74) is -0.936. The number of amides is 1. The lowest BCUT2D eigenvalue weighted by Gasteiger charge is -2.15. The molecule has 0 fully saturated rings. The number of nitrogens with zero attached hydrogens (tertiary/aromatic N) is 1. The molecule has 8 heteroatoms. The molecule has 1 heterocycles. The molecule has 0 aromatic carbocycles. The number of carbonyl (C=O) groups is 1. The van der Waals surface area contributed by atoms with Crippen molar-refractivity contribution in [2.75, 3.05) is 11.9 Å². The highest BCUT2D eigenvalue weighted by molar-refractivity contribution is 6.33. The lowest BCUT2D eigenvalue weighted by molar-refractivity contribution is -0.137. The van der Waals surface area contributed by atoms with Crippen molar-refractivity contribution in [3.63, 3.8) is 0 Å². The molecule has 0 radical (unpaired) electrons. The minimum Gasteiger partial charge on any atom is -0.357 e. The summed E-state index contributed by atoms with van der Waals surface area (Å²) in [6.07, 6.45) is -3.83. The van der Waals surface area contributed by atoms with Crippen LogP contribution in [0, 0.1) is 0 Å². The number of halogens is 4. The van der Waals surface area contributed by atoms with Crippen LogP contribution in [0.5, 0.6) is 0 Å². The zero-order valence-electron chi connectivity index (χ0n) is 10.3. The van der Waals surface area contributed by atoms with Gasteiger partial charge in [0.2, 0.25) is 5.91 Å². The number of alkyl halides is 3. The lowest BCUT2D eigenvalue weighted by Crippen LogP contribution is -2.37. The van der Waals surface area contributed by atoms with Crippen molar-refractivity contribution in [2.45, 2.75) is 26.1 Å². The van der Waals surface area contributed by atoms with Crippen LogP contribution >= 0.6 is 11.6 Å². The van der Waals surface area contributed by atoms with E-state index < -0.39 is 17.8 Å². The minimum atomic E-state index is -4.50. The number of rotatable bonds is 4. The Bertz CT molecular complexity index is 465. The Hall–Kier alpha value is -1.50. The zero-order valence-corrected chi connectivity index (χ0v) is 11.1. The van der Waals surface area contributed by atoms with Gasteiger partial charge in [-0.3, -0.25) is 4.79 Å². The second-order valence-corrected chi connectivity index (χ2v) is 4.22. The third-order valence-corrected chi connectivity index (χ3v) is 2.55. The van der Waals surface area contributed by atoms with E-state index >= 15 is 0 Å². The van der Waals surface area contributed by atoms with Gasteiger partial charge >= 0.3 is 6.18 Å². The fourth-order valence-electron chi connectivity index (χ4n) is 1.30. The van der Waals surface area contributed by atoms with Gasteiger partial charge in [-0.25, -0.2) is 4.98 Å². The third kappa shape index (κ3) is 4.27. The van der Waals surface area contributed by atoms with E-state index in [1.54, 1.807) is 13.8 Å². The maximum atomic E-state index is 12.4. The fraction of sp³-hybridized carbons (Fsp3) is 0.455. The van der Waals surface area contributed by atoms with Crippen LogP contribution in [0.15, 0.2) is 12.3 Å². The summed E-state index contributed by atoms with van der Waals surface area (Å²) in [6.45, 7) is 3.77. The Kier molecular flexibility index (Phi) is 4.99. The molecule has 106 valence electrons. The molecule has 4 nitrogen and oxygen atoms in total. The van der Waals surface area contributed by atoms with Crippen LogP contribution in [-0.4, -0.2) is 23.5 Å². The highest BCUT2D eigenvalue weighted by Crippen LogP contribution is 2.32. The highest BCUT2D eigenvalue weighted by Gasteiger charge is 2.31. The average Bonchev–Trinajstić information content (AvgIpc) is 2.30. The van der Waals surface area contributed by atoms with E-state index in [1.165, 1.54) is 0 Å². The van der Waals surface area contributed by atoms with Gasteiger partial charge in [0, 0.05) is 12.7 Å². The third-order valence-electron chi connectivity index (χ3n) is 2.27. The van der Waals surface area contributed by atoms with Crippen LogP contribution in [0.1, 0.15) is 19.4 Å². The van der Waals surface area contributed by atoms with Gasteiger partial charge in [0.1, 0.15) is 11.9 Å². The van der Waals surface area contributed by atoms with E-state index in [0.717, 1.165) is 6.07 Å². The molecular weight excluding hydrogens is 283 g/mol. The van der Waals surface area contributed by atoms with Gasteiger partial charge in [-0.2, -0.15) is 13.2 Å². The van der Waals surface area contributed by atoms with Gasteiger partial charge in [-0.15, -0.1) is 0 Å². The minimum absolute atomic E-state index is 0.0356. The summed E-state index contributed by atoms with van der Waals surface area (Å²) < 4.78 is 37.2. The molecular formula is C11H13ClF3N3O. The van der Waals surface area contributed by atoms with Crippen LogP contribution < -0.4 is 10.6 Å². The number of likely N-dealkylation sites (N-methyl/N-ethyl adjacent to an activating group) is 1. The molecule has 0 bridgehead atoms.